The van der Waals surface area contributed by atoms with Crippen LogP contribution in [0.3, 0.4) is 0 Å². The summed E-state index contributed by atoms with van der Waals surface area (Å²) in [6.07, 6.45) is 8.27. The highest BCUT2D eigenvalue weighted by atomic mass is 15.3. The van der Waals surface area contributed by atoms with Gasteiger partial charge in [-0.15, -0.1) is 0 Å². The fourth-order valence-corrected chi connectivity index (χ4v) is 1.53. The van der Waals surface area contributed by atoms with E-state index in [2.05, 4.69) is 12.0 Å². The van der Waals surface area contributed by atoms with Gasteiger partial charge in [-0.1, -0.05) is 32.6 Å². The summed E-state index contributed by atoms with van der Waals surface area (Å²) in [5, 5.41) is 4.22. The Bertz CT molecular complexity index is 265. The fraction of sp³-hybridized carbons (Fsp3) is 0.727. The van der Waals surface area contributed by atoms with Crippen LogP contribution >= 0.6 is 0 Å². The van der Waals surface area contributed by atoms with Crippen LogP contribution in [-0.4, -0.2) is 9.78 Å². The van der Waals surface area contributed by atoms with Gasteiger partial charge in [-0.3, -0.25) is 0 Å². The Balaban J connectivity index is 2.21. The number of aryl methyl sites for hydroxylation is 2. The molecule has 0 bridgehead atoms. The van der Waals surface area contributed by atoms with Gasteiger partial charge >= 0.3 is 0 Å². The van der Waals surface area contributed by atoms with E-state index in [-0.39, 0.29) is 0 Å². The number of hydrogen-bond acceptors (Lipinski definition) is 2. The summed E-state index contributed by atoms with van der Waals surface area (Å²) in [6.45, 7) is 5.19. The molecule has 14 heavy (non-hydrogen) atoms. The molecular formula is C11H21N3. The van der Waals surface area contributed by atoms with E-state index in [9.17, 15) is 0 Å². The number of nitrogens with zero attached hydrogens (tertiary/aromatic N) is 2. The van der Waals surface area contributed by atoms with Crippen molar-refractivity contribution in [2.75, 3.05) is 5.73 Å². The summed E-state index contributed by atoms with van der Waals surface area (Å²) in [4.78, 5) is 0. The normalized spacial score (nSPS) is 10.7. The van der Waals surface area contributed by atoms with Crippen LogP contribution in [0.4, 0.5) is 5.82 Å². The minimum atomic E-state index is 0.820. The Morgan fingerprint density at radius 1 is 1.29 bits per heavy atom. The Labute approximate surface area is 86.3 Å². The van der Waals surface area contributed by atoms with E-state index in [1.165, 1.54) is 32.1 Å². The Morgan fingerprint density at radius 2 is 2.00 bits per heavy atom. The van der Waals surface area contributed by atoms with Crippen LogP contribution in [0.25, 0.3) is 0 Å². The summed E-state index contributed by atoms with van der Waals surface area (Å²) in [6, 6.07) is 0. The molecule has 0 radical (unpaired) electrons. The van der Waals surface area contributed by atoms with Crippen molar-refractivity contribution in [2.45, 2.75) is 52.5 Å². The number of anilines is 1. The molecule has 0 saturated carbocycles. The Hall–Kier alpha value is -0.990. The zero-order valence-electron chi connectivity index (χ0n) is 9.29. The molecule has 0 saturated heterocycles. The maximum atomic E-state index is 5.84. The fourth-order valence-electron chi connectivity index (χ4n) is 1.53. The van der Waals surface area contributed by atoms with Gasteiger partial charge in [-0.2, -0.15) is 5.10 Å². The molecule has 0 aromatic carbocycles. The van der Waals surface area contributed by atoms with Crippen molar-refractivity contribution < 1.29 is 0 Å². The smallest absolute Gasteiger partial charge is 0.124 e. The quantitative estimate of drug-likeness (QED) is 0.709. The minimum Gasteiger partial charge on any atom is -0.384 e. The van der Waals surface area contributed by atoms with E-state index >= 15 is 0 Å². The molecule has 1 aromatic heterocycles. The summed E-state index contributed by atoms with van der Waals surface area (Å²) in [7, 11) is 0. The minimum absolute atomic E-state index is 0.820. The molecule has 0 spiro atoms. The van der Waals surface area contributed by atoms with Crippen molar-refractivity contribution in [3.05, 3.63) is 11.8 Å². The first kappa shape index (κ1) is 11.1. The molecule has 0 aliphatic carbocycles. The lowest BCUT2D eigenvalue weighted by molar-refractivity contribution is 0.538. The van der Waals surface area contributed by atoms with Crippen LogP contribution in [-0.2, 0) is 6.54 Å². The molecule has 2 N–H and O–H groups in total. The Morgan fingerprint density at radius 3 is 2.57 bits per heavy atom. The molecule has 0 atom stereocenters. The van der Waals surface area contributed by atoms with E-state index in [0.29, 0.717) is 0 Å². The standard InChI is InChI=1S/C11H21N3/c1-3-4-5-6-7-8-14-11(12)10(2)9-13-14/h9H,3-8,12H2,1-2H3. The third-order valence-electron chi connectivity index (χ3n) is 2.55. The monoisotopic (exact) mass is 195 g/mol. The third kappa shape index (κ3) is 3.05. The molecule has 3 nitrogen and oxygen atoms in total. The maximum absolute atomic E-state index is 5.84. The first-order chi connectivity index (χ1) is 6.75. The average molecular weight is 195 g/mol. The first-order valence-electron chi connectivity index (χ1n) is 5.53. The van der Waals surface area contributed by atoms with Crippen LogP contribution in [0.2, 0.25) is 0 Å². The van der Waals surface area contributed by atoms with Gasteiger partial charge < -0.3 is 5.73 Å². The van der Waals surface area contributed by atoms with Crippen molar-refractivity contribution in [2.24, 2.45) is 0 Å². The summed E-state index contributed by atoms with van der Waals surface area (Å²) < 4.78 is 1.90. The molecule has 1 heterocycles. The number of nitrogen functional groups attached to an aromatic ring is 1. The highest BCUT2D eigenvalue weighted by Crippen LogP contribution is 2.10. The van der Waals surface area contributed by atoms with Gasteiger partial charge in [0.15, 0.2) is 0 Å². The van der Waals surface area contributed by atoms with Crippen LogP contribution < -0.4 is 5.73 Å². The van der Waals surface area contributed by atoms with Crippen LogP contribution in [0.1, 0.15) is 44.6 Å². The number of nitrogens with two attached hydrogens (primary N) is 1. The maximum Gasteiger partial charge on any atom is 0.124 e. The molecule has 0 aliphatic heterocycles. The lowest BCUT2D eigenvalue weighted by Crippen LogP contribution is -2.05. The predicted molar refractivity (Wildman–Crippen MR) is 60.1 cm³/mol. The number of aromatic nitrogens is 2. The van der Waals surface area contributed by atoms with Crippen LogP contribution in [0.5, 0.6) is 0 Å². The highest BCUT2D eigenvalue weighted by molar-refractivity contribution is 5.36. The summed E-state index contributed by atoms with van der Waals surface area (Å²) in [5.74, 6) is 0.820. The zero-order valence-corrected chi connectivity index (χ0v) is 9.29. The van der Waals surface area contributed by atoms with Gasteiger partial charge in [0, 0.05) is 12.1 Å². The Kier molecular flexibility index (Phi) is 4.50. The van der Waals surface area contributed by atoms with Crippen molar-refractivity contribution in [3.8, 4) is 0 Å². The molecular weight excluding hydrogens is 174 g/mol. The second kappa shape index (κ2) is 5.68. The second-order valence-electron chi connectivity index (χ2n) is 3.85. The molecule has 3 heteroatoms. The van der Waals surface area contributed by atoms with E-state index in [1.807, 2.05) is 17.8 Å². The van der Waals surface area contributed by atoms with E-state index in [4.69, 9.17) is 5.73 Å². The van der Waals surface area contributed by atoms with Crippen molar-refractivity contribution in [1.82, 2.24) is 9.78 Å². The highest BCUT2D eigenvalue weighted by Gasteiger charge is 2.01. The van der Waals surface area contributed by atoms with Gasteiger partial charge in [-0.25, -0.2) is 4.68 Å². The van der Waals surface area contributed by atoms with Gasteiger partial charge in [0.05, 0.1) is 6.20 Å². The van der Waals surface area contributed by atoms with E-state index < -0.39 is 0 Å². The summed E-state index contributed by atoms with van der Waals surface area (Å²) >= 11 is 0. The van der Waals surface area contributed by atoms with E-state index in [0.717, 1.165) is 17.9 Å². The van der Waals surface area contributed by atoms with Crippen LogP contribution in [0, 0.1) is 6.92 Å². The van der Waals surface area contributed by atoms with Crippen molar-refractivity contribution in [3.63, 3.8) is 0 Å². The molecule has 0 fully saturated rings. The van der Waals surface area contributed by atoms with Gasteiger partial charge in [0.25, 0.3) is 0 Å². The van der Waals surface area contributed by atoms with Crippen molar-refractivity contribution in [1.29, 1.82) is 0 Å². The second-order valence-corrected chi connectivity index (χ2v) is 3.85. The molecule has 0 aliphatic rings. The number of hydrogen-bond donors (Lipinski definition) is 1. The van der Waals surface area contributed by atoms with E-state index in [1.54, 1.807) is 0 Å². The van der Waals surface area contributed by atoms with Crippen molar-refractivity contribution >= 4 is 5.82 Å². The van der Waals surface area contributed by atoms with Gasteiger partial charge in [0.1, 0.15) is 5.82 Å². The topological polar surface area (TPSA) is 43.8 Å². The largest absolute Gasteiger partial charge is 0.384 e. The molecule has 0 unspecified atom stereocenters. The third-order valence-corrected chi connectivity index (χ3v) is 2.55. The lowest BCUT2D eigenvalue weighted by Gasteiger charge is -2.03. The first-order valence-corrected chi connectivity index (χ1v) is 5.53. The van der Waals surface area contributed by atoms with Gasteiger partial charge in [-0.05, 0) is 13.3 Å². The zero-order chi connectivity index (χ0) is 10.4. The molecule has 80 valence electrons. The SMILES string of the molecule is CCCCCCCn1ncc(C)c1N. The lowest BCUT2D eigenvalue weighted by atomic mass is 10.1. The predicted octanol–water partition coefficient (Wildman–Crippen LogP) is 2.74. The average Bonchev–Trinajstić information content (AvgIpc) is 2.49. The molecule has 1 aromatic rings. The number of unbranched alkanes of at least 4 members (excludes halogenated alkanes) is 4. The van der Waals surface area contributed by atoms with Gasteiger partial charge in [0.2, 0.25) is 0 Å². The number of rotatable bonds is 6. The molecule has 0 amide bonds. The molecule has 1 rings (SSSR count). The van der Waals surface area contributed by atoms with Crippen LogP contribution in [0.15, 0.2) is 6.20 Å². The summed E-state index contributed by atoms with van der Waals surface area (Å²) in [5.41, 5.74) is 6.93.